The van der Waals surface area contributed by atoms with Gasteiger partial charge in [0.2, 0.25) is 5.91 Å². The summed E-state index contributed by atoms with van der Waals surface area (Å²) in [7, 11) is 2.31. The molecule has 1 amide bonds. The number of esters is 2. The lowest BCUT2D eigenvalue weighted by Gasteiger charge is -2.40. The van der Waals surface area contributed by atoms with Crippen LogP contribution in [0.25, 0.3) is 0 Å². The van der Waals surface area contributed by atoms with Gasteiger partial charge >= 0.3 is 11.9 Å². The minimum absolute atomic E-state index is 0.00206. The van der Waals surface area contributed by atoms with Crippen LogP contribution in [-0.4, -0.2) is 114 Å². The van der Waals surface area contributed by atoms with E-state index in [0.29, 0.717) is 6.61 Å². The van der Waals surface area contributed by atoms with Crippen LogP contribution in [0.1, 0.15) is 245 Å². The summed E-state index contributed by atoms with van der Waals surface area (Å²) in [5.41, 5.74) is 0. The molecule has 11 nitrogen and oxygen atoms in total. The van der Waals surface area contributed by atoms with E-state index in [0.717, 1.165) is 63.8 Å². The van der Waals surface area contributed by atoms with Crippen molar-refractivity contribution in [3.63, 3.8) is 0 Å². The number of carbonyl (C=O) groups is 3. The zero-order chi connectivity index (χ0) is 51.5. The van der Waals surface area contributed by atoms with Gasteiger partial charge in [-0.2, -0.15) is 0 Å². The first-order chi connectivity index (χ1) is 33.8. The number of unbranched alkanes of at least 4 members (excludes halogenated alkanes) is 28. The molecule has 0 aromatic carbocycles. The van der Waals surface area contributed by atoms with Crippen LogP contribution in [0.15, 0.2) is 0 Å². The van der Waals surface area contributed by atoms with E-state index in [-0.39, 0.29) is 56.9 Å². The smallest absolute Gasteiger partial charge is 0.320 e. The fraction of sp³-hybridized carbons (Fsp3) is 0.948. The molecule has 1 heterocycles. The van der Waals surface area contributed by atoms with Crippen LogP contribution >= 0.6 is 0 Å². The Morgan fingerprint density at radius 2 is 1.07 bits per heavy atom. The molecule has 0 aromatic heterocycles. The molecule has 1 rings (SSSR count). The van der Waals surface area contributed by atoms with E-state index in [2.05, 4.69) is 45.7 Å². The Kier molecular flexibility index (Phi) is 42.6. The van der Waals surface area contributed by atoms with E-state index >= 15 is 0 Å². The SMILES string of the molecule is CCCCCCCCCCCCCCC(CCCCCCCCCCCC)C(=O)O[C@H]1[C@H](O)[C@@H](COC(=O)CN(C)C)OC[C@@H]1NC(=O)C[C@@H](CCCCCCCCCCC)OCOCC[Si](C)(C)C. The number of carbonyl (C=O) groups excluding carboxylic acids is 3. The van der Waals surface area contributed by atoms with Gasteiger partial charge in [0.15, 0.2) is 6.10 Å². The van der Waals surface area contributed by atoms with Crippen molar-refractivity contribution < 1.29 is 43.2 Å². The number of hydrogen-bond acceptors (Lipinski definition) is 10. The lowest BCUT2D eigenvalue weighted by atomic mass is 9.93. The molecule has 0 saturated carbocycles. The number of nitrogens with one attached hydrogen (secondary N) is 1. The van der Waals surface area contributed by atoms with Gasteiger partial charge in [-0.15, -0.1) is 0 Å². The van der Waals surface area contributed by atoms with Crippen molar-refractivity contribution in [2.75, 3.05) is 47.3 Å². The molecule has 1 aliphatic rings. The monoisotopic (exact) mass is 1010 g/mol. The van der Waals surface area contributed by atoms with Crippen LogP contribution in [-0.2, 0) is 38.1 Å². The molecule has 0 aromatic rings. The van der Waals surface area contributed by atoms with Gasteiger partial charge in [0.05, 0.1) is 37.6 Å². The maximum Gasteiger partial charge on any atom is 0.320 e. The van der Waals surface area contributed by atoms with Gasteiger partial charge in [0.25, 0.3) is 0 Å². The van der Waals surface area contributed by atoms with E-state index in [1.807, 2.05) is 0 Å². The second-order valence-corrected chi connectivity index (χ2v) is 28.3. The third-order valence-electron chi connectivity index (χ3n) is 14.1. The Labute approximate surface area is 432 Å². The molecule has 0 bridgehead atoms. The van der Waals surface area contributed by atoms with Crippen LogP contribution in [0, 0.1) is 5.92 Å². The average molecular weight is 1010 g/mol. The lowest BCUT2D eigenvalue weighted by molar-refractivity contribution is -0.198. The molecule has 414 valence electrons. The molecular weight excluding hydrogens is 897 g/mol. The molecular formula is C58H114N2O9Si. The number of ether oxygens (including phenoxy) is 5. The van der Waals surface area contributed by atoms with Crippen molar-refractivity contribution in [2.45, 2.75) is 302 Å². The summed E-state index contributed by atoms with van der Waals surface area (Å²) in [6, 6.07) is 0.255. The normalized spacial score (nSPS) is 18.3. The Bertz CT molecular complexity index is 1240. The minimum Gasteiger partial charge on any atom is -0.462 e. The standard InChI is InChI=1S/C58H114N2O9Si/c1-9-12-15-18-21-24-26-27-30-32-35-38-41-50(40-37-34-31-29-25-22-19-16-13-10-2)58(64)69-57-52(47-66-53(56(57)63)48-67-55(62)46-60(4)5)59-54(61)45-51(68-49-65-43-44-70(6,7)8)42-39-36-33-28-23-20-17-14-11-3/h50-53,56-57,63H,9-49H2,1-8H3,(H,59,61)/t50?,51-,52+,53-,56-,57-/m1/s1. The second-order valence-electron chi connectivity index (χ2n) is 22.7. The summed E-state index contributed by atoms with van der Waals surface area (Å²) in [4.78, 5) is 42.6. The van der Waals surface area contributed by atoms with E-state index < -0.39 is 38.4 Å². The topological polar surface area (TPSA) is 133 Å². The summed E-state index contributed by atoms with van der Waals surface area (Å²) >= 11 is 0. The number of amides is 1. The van der Waals surface area contributed by atoms with Gasteiger partial charge in [-0.3, -0.25) is 19.3 Å². The van der Waals surface area contributed by atoms with Crippen molar-refractivity contribution >= 4 is 25.9 Å². The van der Waals surface area contributed by atoms with Gasteiger partial charge in [0, 0.05) is 14.7 Å². The molecule has 2 N–H and O–H groups in total. The zero-order valence-corrected chi connectivity index (χ0v) is 48.1. The number of hydrogen-bond donors (Lipinski definition) is 2. The van der Waals surface area contributed by atoms with E-state index in [4.69, 9.17) is 23.7 Å². The number of rotatable bonds is 49. The van der Waals surface area contributed by atoms with Gasteiger partial charge < -0.3 is 34.1 Å². The first-order valence-electron chi connectivity index (χ1n) is 29.6. The van der Waals surface area contributed by atoms with Crippen LogP contribution < -0.4 is 5.32 Å². The number of aliphatic hydroxyl groups excluding tert-OH is 1. The molecule has 1 unspecified atom stereocenters. The third-order valence-corrected chi connectivity index (χ3v) is 15.8. The van der Waals surface area contributed by atoms with E-state index in [1.165, 1.54) is 161 Å². The van der Waals surface area contributed by atoms with Crippen molar-refractivity contribution in [1.29, 1.82) is 0 Å². The fourth-order valence-electron chi connectivity index (χ4n) is 9.47. The third kappa shape index (κ3) is 38.1. The molecule has 1 aliphatic heterocycles. The fourth-order valence-corrected chi connectivity index (χ4v) is 10.2. The van der Waals surface area contributed by atoms with Crippen LogP contribution in [0.3, 0.4) is 0 Å². The van der Waals surface area contributed by atoms with Crippen molar-refractivity contribution in [3.8, 4) is 0 Å². The van der Waals surface area contributed by atoms with Gasteiger partial charge in [-0.1, -0.05) is 239 Å². The number of aliphatic hydroxyl groups is 1. The summed E-state index contributed by atoms with van der Waals surface area (Å²) in [5, 5.41) is 14.9. The molecule has 70 heavy (non-hydrogen) atoms. The molecule has 12 heteroatoms. The number of likely N-dealkylation sites (N-methyl/N-ethyl adjacent to an activating group) is 1. The summed E-state index contributed by atoms with van der Waals surface area (Å²) in [6.07, 6.45) is 36.9. The highest BCUT2D eigenvalue weighted by atomic mass is 28.3. The van der Waals surface area contributed by atoms with E-state index in [9.17, 15) is 19.5 Å². The predicted molar refractivity (Wildman–Crippen MR) is 293 cm³/mol. The lowest BCUT2D eigenvalue weighted by Crippen LogP contribution is -2.62. The minimum atomic E-state index is -1.31. The van der Waals surface area contributed by atoms with Gasteiger partial charge in [0.1, 0.15) is 25.6 Å². The Balaban J connectivity index is 3.08. The number of nitrogens with zero attached hydrogens (tertiary/aromatic N) is 1. The summed E-state index contributed by atoms with van der Waals surface area (Å²) < 4.78 is 30.1. The van der Waals surface area contributed by atoms with Crippen molar-refractivity contribution in [2.24, 2.45) is 5.92 Å². The summed E-state index contributed by atoms with van der Waals surface area (Å²) in [5.74, 6) is -1.31. The van der Waals surface area contributed by atoms with Crippen molar-refractivity contribution in [3.05, 3.63) is 0 Å². The highest BCUT2D eigenvalue weighted by Gasteiger charge is 2.44. The van der Waals surface area contributed by atoms with Gasteiger partial charge in [-0.05, 0) is 39.4 Å². The molecule has 0 aliphatic carbocycles. The largest absolute Gasteiger partial charge is 0.462 e. The van der Waals surface area contributed by atoms with E-state index in [1.54, 1.807) is 19.0 Å². The predicted octanol–water partition coefficient (Wildman–Crippen LogP) is 14.3. The first-order valence-corrected chi connectivity index (χ1v) is 33.3. The Morgan fingerprint density at radius 3 is 1.50 bits per heavy atom. The molecule has 0 radical (unpaired) electrons. The first kappa shape index (κ1) is 66.4. The molecule has 0 spiro atoms. The molecule has 1 saturated heterocycles. The second kappa shape index (κ2) is 44.9. The van der Waals surface area contributed by atoms with Crippen molar-refractivity contribution in [1.82, 2.24) is 10.2 Å². The highest BCUT2D eigenvalue weighted by molar-refractivity contribution is 6.76. The Hall–Kier alpha value is -1.57. The maximum absolute atomic E-state index is 14.4. The average Bonchev–Trinajstić information content (AvgIpc) is 3.31. The van der Waals surface area contributed by atoms with Crippen LogP contribution in [0.5, 0.6) is 0 Å². The molecule has 6 atom stereocenters. The zero-order valence-electron chi connectivity index (χ0n) is 47.1. The maximum atomic E-state index is 14.4. The highest BCUT2D eigenvalue weighted by Crippen LogP contribution is 2.26. The Morgan fingerprint density at radius 1 is 0.643 bits per heavy atom. The summed E-state index contributed by atoms with van der Waals surface area (Å²) in [6.45, 7) is 14.4. The molecule has 1 fully saturated rings. The van der Waals surface area contributed by atoms with Crippen LogP contribution in [0.2, 0.25) is 25.7 Å². The van der Waals surface area contributed by atoms with Crippen LogP contribution in [0.4, 0.5) is 0 Å². The quantitative estimate of drug-likeness (QED) is 0.0263. The van der Waals surface area contributed by atoms with Gasteiger partial charge in [-0.25, -0.2) is 0 Å².